The first-order valence-electron chi connectivity index (χ1n) is 7.30. The van der Waals surface area contributed by atoms with E-state index in [-0.39, 0.29) is 0 Å². The monoisotopic (exact) mass is 347 g/mol. The van der Waals surface area contributed by atoms with Crippen molar-refractivity contribution < 1.29 is 17.9 Å². The molecule has 0 aliphatic heterocycles. The Bertz CT molecular complexity index is 1050. The van der Waals surface area contributed by atoms with E-state index in [1.54, 1.807) is 23.8 Å². The minimum absolute atomic E-state index is 0.375. The van der Waals surface area contributed by atoms with Crippen LogP contribution in [0.25, 0.3) is 16.8 Å². The van der Waals surface area contributed by atoms with Gasteiger partial charge in [-0.05, 0) is 36.4 Å². The standard InChI is InChI=1S/C16H12F3N5O/c1-25-11-6-7-13-12(8-11)21-15-22-14(23-24(13)15)20-10-4-2-9(3-5-10)16(17,18)19/h2-8H,1H3,(H2,20,21,22,23). The summed E-state index contributed by atoms with van der Waals surface area (Å²) in [6, 6.07) is 10.2. The maximum Gasteiger partial charge on any atom is 0.416 e. The average Bonchev–Trinajstić information content (AvgIpc) is 3.10. The SMILES string of the molecule is COc1ccc2c(c1)nc1nc(Nc3ccc(C(F)(F)F)cc3)[nH]n12. The molecule has 4 rings (SSSR count). The van der Waals surface area contributed by atoms with Crippen LogP contribution in [0, 0.1) is 0 Å². The minimum atomic E-state index is -4.36. The molecule has 0 aliphatic rings. The number of alkyl halides is 3. The van der Waals surface area contributed by atoms with Crippen LogP contribution in [-0.2, 0) is 6.18 Å². The van der Waals surface area contributed by atoms with Gasteiger partial charge in [-0.15, -0.1) is 0 Å². The van der Waals surface area contributed by atoms with Crippen LogP contribution in [0.2, 0.25) is 0 Å². The molecule has 0 saturated carbocycles. The molecule has 0 unspecified atom stereocenters. The summed E-state index contributed by atoms with van der Waals surface area (Å²) in [5.41, 5.74) is 1.31. The number of benzene rings is 2. The lowest BCUT2D eigenvalue weighted by atomic mass is 10.2. The second-order valence-corrected chi connectivity index (χ2v) is 5.37. The Morgan fingerprint density at radius 2 is 1.84 bits per heavy atom. The first-order chi connectivity index (χ1) is 11.9. The zero-order valence-electron chi connectivity index (χ0n) is 12.9. The summed E-state index contributed by atoms with van der Waals surface area (Å²) in [5.74, 6) is 1.51. The largest absolute Gasteiger partial charge is 0.497 e. The molecule has 0 bridgehead atoms. The lowest BCUT2D eigenvalue weighted by Gasteiger charge is -2.07. The van der Waals surface area contributed by atoms with Gasteiger partial charge in [-0.3, -0.25) is 5.10 Å². The first-order valence-corrected chi connectivity index (χ1v) is 7.30. The number of hydrogen-bond donors (Lipinski definition) is 2. The van der Waals surface area contributed by atoms with Crippen molar-refractivity contribution >= 4 is 28.4 Å². The Morgan fingerprint density at radius 1 is 1.08 bits per heavy atom. The summed E-state index contributed by atoms with van der Waals surface area (Å²) >= 11 is 0. The van der Waals surface area contributed by atoms with Gasteiger partial charge in [0, 0.05) is 11.8 Å². The van der Waals surface area contributed by atoms with Crippen molar-refractivity contribution in [3.8, 4) is 5.75 Å². The van der Waals surface area contributed by atoms with E-state index in [1.165, 1.54) is 12.1 Å². The number of rotatable bonds is 3. The minimum Gasteiger partial charge on any atom is -0.497 e. The van der Waals surface area contributed by atoms with Crippen LogP contribution in [0.5, 0.6) is 5.75 Å². The van der Waals surface area contributed by atoms with Crippen molar-refractivity contribution in [2.24, 2.45) is 0 Å². The molecular formula is C16H12F3N5O. The van der Waals surface area contributed by atoms with Gasteiger partial charge in [0.15, 0.2) is 0 Å². The third-order valence-corrected chi connectivity index (χ3v) is 3.75. The maximum absolute atomic E-state index is 12.6. The molecule has 6 nitrogen and oxygen atoms in total. The van der Waals surface area contributed by atoms with Gasteiger partial charge in [0.2, 0.25) is 5.95 Å². The normalized spacial score (nSPS) is 12.0. The fourth-order valence-electron chi connectivity index (χ4n) is 2.53. The van der Waals surface area contributed by atoms with Crippen LogP contribution in [0.1, 0.15) is 5.56 Å². The molecule has 0 atom stereocenters. The van der Waals surface area contributed by atoms with E-state index in [1.807, 2.05) is 6.07 Å². The number of hydrogen-bond acceptors (Lipinski definition) is 4. The van der Waals surface area contributed by atoms with E-state index in [0.29, 0.717) is 23.2 Å². The van der Waals surface area contributed by atoms with Crippen LogP contribution in [-0.4, -0.2) is 26.7 Å². The van der Waals surface area contributed by atoms with E-state index >= 15 is 0 Å². The number of fused-ring (bicyclic) bond motifs is 3. The van der Waals surface area contributed by atoms with Crippen molar-refractivity contribution in [2.45, 2.75) is 6.18 Å². The molecule has 0 spiro atoms. The van der Waals surface area contributed by atoms with Gasteiger partial charge in [-0.2, -0.15) is 18.2 Å². The second kappa shape index (κ2) is 5.40. The number of nitrogens with zero attached hydrogens (tertiary/aromatic N) is 3. The van der Waals surface area contributed by atoms with Crippen LogP contribution in [0.15, 0.2) is 42.5 Å². The third-order valence-electron chi connectivity index (χ3n) is 3.75. The molecule has 0 saturated heterocycles. The highest BCUT2D eigenvalue weighted by molar-refractivity contribution is 5.81. The van der Waals surface area contributed by atoms with Crippen molar-refractivity contribution in [1.29, 1.82) is 0 Å². The molecule has 2 aromatic heterocycles. The fourth-order valence-corrected chi connectivity index (χ4v) is 2.53. The Morgan fingerprint density at radius 3 is 2.52 bits per heavy atom. The van der Waals surface area contributed by atoms with E-state index in [2.05, 4.69) is 20.4 Å². The van der Waals surface area contributed by atoms with E-state index in [0.717, 1.165) is 23.2 Å². The summed E-state index contributed by atoms with van der Waals surface area (Å²) in [6.45, 7) is 0. The van der Waals surface area contributed by atoms with Gasteiger partial charge in [0.05, 0.1) is 23.7 Å². The molecule has 0 aliphatic carbocycles. The van der Waals surface area contributed by atoms with Gasteiger partial charge in [-0.25, -0.2) is 9.50 Å². The molecule has 2 aromatic carbocycles. The van der Waals surface area contributed by atoms with Crippen molar-refractivity contribution in [1.82, 2.24) is 19.6 Å². The zero-order valence-corrected chi connectivity index (χ0v) is 12.9. The topological polar surface area (TPSA) is 67.2 Å². The Balaban J connectivity index is 1.64. The molecule has 4 aromatic rings. The van der Waals surface area contributed by atoms with Crippen molar-refractivity contribution in [2.75, 3.05) is 12.4 Å². The summed E-state index contributed by atoms with van der Waals surface area (Å²) in [7, 11) is 1.58. The number of imidazole rings is 1. The quantitative estimate of drug-likeness (QED) is 0.588. The Kier molecular flexibility index (Phi) is 3.31. The highest BCUT2D eigenvalue weighted by Gasteiger charge is 2.29. The number of anilines is 2. The van der Waals surface area contributed by atoms with Crippen LogP contribution in [0.4, 0.5) is 24.8 Å². The van der Waals surface area contributed by atoms with Gasteiger partial charge >= 0.3 is 6.18 Å². The summed E-state index contributed by atoms with van der Waals surface area (Å²) < 4.78 is 44.6. The summed E-state index contributed by atoms with van der Waals surface area (Å²) in [4.78, 5) is 8.68. The molecule has 0 amide bonds. The summed E-state index contributed by atoms with van der Waals surface area (Å²) in [6.07, 6.45) is -4.36. The number of ether oxygens (including phenoxy) is 1. The van der Waals surface area contributed by atoms with E-state index < -0.39 is 11.7 Å². The molecule has 0 radical (unpaired) electrons. The van der Waals surface area contributed by atoms with Gasteiger partial charge in [-0.1, -0.05) is 0 Å². The zero-order chi connectivity index (χ0) is 17.6. The summed E-state index contributed by atoms with van der Waals surface area (Å²) in [5, 5.41) is 5.94. The molecule has 25 heavy (non-hydrogen) atoms. The molecule has 9 heteroatoms. The third kappa shape index (κ3) is 2.73. The lowest BCUT2D eigenvalue weighted by Crippen LogP contribution is -2.04. The van der Waals surface area contributed by atoms with E-state index in [4.69, 9.17) is 4.74 Å². The van der Waals surface area contributed by atoms with Crippen LogP contribution in [0.3, 0.4) is 0 Å². The average molecular weight is 347 g/mol. The Hall–Kier alpha value is -3.23. The van der Waals surface area contributed by atoms with Crippen LogP contribution < -0.4 is 10.1 Å². The molecule has 0 fully saturated rings. The highest BCUT2D eigenvalue weighted by atomic mass is 19.4. The fraction of sp³-hybridized carbons (Fsp3) is 0.125. The predicted octanol–water partition coefficient (Wildman–Crippen LogP) is 3.98. The lowest BCUT2D eigenvalue weighted by molar-refractivity contribution is -0.137. The van der Waals surface area contributed by atoms with Gasteiger partial charge in [0.25, 0.3) is 5.78 Å². The first kappa shape index (κ1) is 15.3. The number of aromatic nitrogens is 4. The number of nitrogens with one attached hydrogen (secondary N) is 2. The number of methoxy groups -OCH3 is 1. The maximum atomic E-state index is 12.6. The highest BCUT2D eigenvalue weighted by Crippen LogP contribution is 2.30. The van der Waals surface area contributed by atoms with Gasteiger partial charge < -0.3 is 10.1 Å². The number of aromatic amines is 1. The van der Waals surface area contributed by atoms with Gasteiger partial charge in [0.1, 0.15) is 5.75 Å². The number of halogens is 3. The smallest absolute Gasteiger partial charge is 0.416 e. The molecule has 2 N–H and O–H groups in total. The number of H-pyrrole nitrogens is 1. The van der Waals surface area contributed by atoms with E-state index in [9.17, 15) is 13.2 Å². The van der Waals surface area contributed by atoms with Crippen molar-refractivity contribution in [3.05, 3.63) is 48.0 Å². The molecule has 128 valence electrons. The molecular weight excluding hydrogens is 335 g/mol. The second-order valence-electron chi connectivity index (χ2n) is 5.37. The molecule has 2 heterocycles. The predicted molar refractivity (Wildman–Crippen MR) is 86.1 cm³/mol. The van der Waals surface area contributed by atoms with Crippen LogP contribution >= 0.6 is 0 Å². The van der Waals surface area contributed by atoms with Crippen molar-refractivity contribution in [3.63, 3.8) is 0 Å². The Labute approximate surface area is 139 Å².